The SMILES string of the molecule is CC(C)CC(C)C(=O)NCCC(C)(C)OCCC(C)(C)C(=O)NCCCCC(N)C(=O)O. The number of amides is 2. The van der Waals surface area contributed by atoms with Gasteiger partial charge in [0.1, 0.15) is 6.04 Å². The summed E-state index contributed by atoms with van der Waals surface area (Å²) in [5, 5.41) is 14.7. The normalized spacial score (nSPS) is 14.2. The molecule has 0 aromatic carbocycles. The summed E-state index contributed by atoms with van der Waals surface area (Å²) < 4.78 is 6.01. The summed E-state index contributed by atoms with van der Waals surface area (Å²) in [6.07, 6.45) is 3.88. The third-order valence-corrected chi connectivity index (χ3v) is 5.68. The lowest BCUT2D eigenvalue weighted by molar-refractivity contribution is -0.138. The summed E-state index contributed by atoms with van der Waals surface area (Å²) in [4.78, 5) is 35.3. The molecule has 0 rings (SSSR count). The van der Waals surface area contributed by atoms with E-state index in [4.69, 9.17) is 15.6 Å². The fourth-order valence-corrected chi connectivity index (χ4v) is 3.30. The number of aliphatic carboxylic acids is 1. The molecule has 188 valence electrons. The van der Waals surface area contributed by atoms with Crippen LogP contribution < -0.4 is 16.4 Å². The van der Waals surface area contributed by atoms with Crippen molar-refractivity contribution in [1.29, 1.82) is 0 Å². The molecule has 0 aliphatic carbocycles. The first-order valence-electron chi connectivity index (χ1n) is 11.9. The van der Waals surface area contributed by atoms with Gasteiger partial charge in [-0.3, -0.25) is 14.4 Å². The zero-order valence-electron chi connectivity index (χ0n) is 21.3. The van der Waals surface area contributed by atoms with Crippen LogP contribution in [0.4, 0.5) is 0 Å². The number of hydrogen-bond donors (Lipinski definition) is 4. The lowest BCUT2D eigenvalue weighted by atomic mass is 9.88. The minimum Gasteiger partial charge on any atom is -0.480 e. The van der Waals surface area contributed by atoms with Gasteiger partial charge in [-0.25, -0.2) is 0 Å². The Morgan fingerprint density at radius 1 is 0.969 bits per heavy atom. The van der Waals surface area contributed by atoms with Crippen molar-refractivity contribution in [2.75, 3.05) is 19.7 Å². The number of nitrogens with two attached hydrogens (primary N) is 1. The molecule has 0 aliphatic heterocycles. The van der Waals surface area contributed by atoms with E-state index in [-0.39, 0.29) is 17.7 Å². The van der Waals surface area contributed by atoms with Gasteiger partial charge in [0.05, 0.1) is 5.60 Å². The quantitative estimate of drug-likeness (QED) is 0.248. The van der Waals surface area contributed by atoms with Crippen molar-refractivity contribution in [2.45, 2.75) is 98.6 Å². The maximum atomic E-state index is 12.5. The maximum Gasteiger partial charge on any atom is 0.320 e. The van der Waals surface area contributed by atoms with Gasteiger partial charge >= 0.3 is 5.97 Å². The van der Waals surface area contributed by atoms with Crippen LogP contribution in [0.1, 0.15) is 87.0 Å². The van der Waals surface area contributed by atoms with Gasteiger partial charge in [-0.15, -0.1) is 0 Å². The molecule has 32 heavy (non-hydrogen) atoms. The van der Waals surface area contributed by atoms with E-state index in [1.807, 2.05) is 34.6 Å². The van der Waals surface area contributed by atoms with Crippen LogP contribution in [-0.2, 0) is 19.1 Å². The molecule has 2 unspecified atom stereocenters. The van der Waals surface area contributed by atoms with E-state index in [0.29, 0.717) is 57.7 Å². The predicted molar refractivity (Wildman–Crippen MR) is 127 cm³/mol. The number of carbonyl (C=O) groups excluding carboxylic acids is 2. The number of carbonyl (C=O) groups is 3. The Labute approximate surface area is 194 Å². The fraction of sp³-hybridized carbons (Fsp3) is 0.875. The van der Waals surface area contributed by atoms with Gasteiger partial charge in [0.15, 0.2) is 0 Å². The van der Waals surface area contributed by atoms with Gasteiger partial charge in [-0.05, 0) is 58.3 Å². The van der Waals surface area contributed by atoms with E-state index >= 15 is 0 Å². The summed E-state index contributed by atoms with van der Waals surface area (Å²) in [6.45, 7) is 15.4. The summed E-state index contributed by atoms with van der Waals surface area (Å²) in [7, 11) is 0. The largest absolute Gasteiger partial charge is 0.480 e. The molecule has 5 N–H and O–H groups in total. The smallest absolute Gasteiger partial charge is 0.320 e. The highest BCUT2D eigenvalue weighted by molar-refractivity contribution is 5.81. The average Bonchev–Trinajstić information content (AvgIpc) is 2.65. The van der Waals surface area contributed by atoms with Crippen LogP contribution >= 0.6 is 0 Å². The summed E-state index contributed by atoms with van der Waals surface area (Å²) in [5.74, 6) is -0.468. The van der Waals surface area contributed by atoms with Crippen LogP contribution in [0.5, 0.6) is 0 Å². The molecule has 2 atom stereocenters. The molecular formula is C24H47N3O5. The molecular weight excluding hydrogens is 410 g/mol. The van der Waals surface area contributed by atoms with E-state index in [1.165, 1.54) is 0 Å². The second-order valence-corrected chi connectivity index (χ2v) is 10.5. The first kappa shape index (κ1) is 30.3. The number of unbranched alkanes of at least 4 members (excludes halogenated alkanes) is 1. The number of carboxylic acids is 1. The second-order valence-electron chi connectivity index (χ2n) is 10.5. The van der Waals surface area contributed by atoms with Crippen molar-refractivity contribution in [1.82, 2.24) is 10.6 Å². The Morgan fingerprint density at radius 3 is 2.16 bits per heavy atom. The Bertz CT molecular complexity index is 590. The molecule has 0 saturated heterocycles. The van der Waals surface area contributed by atoms with Crippen LogP contribution in [0.15, 0.2) is 0 Å². The number of nitrogens with one attached hydrogen (secondary N) is 2. The molecule has 0 bridgehead atoms. The molecule has 0 heterocycles. The van der Waals surface area contributed by atoms with E-state index in [2.05, 4.69) is 24.5 Å². The van der Waals surface area contributed by atoms with Crippen LogP contribution in [0.3, 0.4) is 0 Å². The first-order chi connectivity index (χ1) is 14.7. The van der Waals surface area contributed by atoms with Crippen molar-refractivity contribution in [2.24, 2.45) is 23.0 Å². The number of hydrogen-bond acceptors (Lipinski definition) is 5. The molecule has 0 spiro atoms. The Morgan fingerprint density at radius 2 is 1.59 bits per heavy atom. The topological polar surface area (TPSA) is 131 Å². The molecule has 8 heteroatoms. The Hall–Kier alpha value is -1.67. The molecule has 0 aromatic rings. The molecule has 0 saturated carbocycles. The first-order valence-corrected chi connectivity index (χ1v) is 11.9. The molecule has 0 aromatic heterocycles. The van der Waals surface area contributed by atoms with Gasteiger partial charge in [0.2, 0.25) is 11.8 Å². The monoisotopic (exact) mass is 457 g/mol. The van der Waals surface area contributed by atoms with E-state index < -0.39 is 23.0 Å². The zero-order chi connectivity index (χ0) is 24.9. The highest BCUT2D eigenvalue weighted by atomic mass is 16.5. The van der Waals surface area contributed by atoms with Crippen LogP contribution in [0.2, 0.25) is 0 Å². The standard InChI is InChI=1S/C24H47N3O5/c1-17(2)16-18(3)20(28)26-14-11-24(6,7)32-15-12-23(4,5)22(31)27-13-9-8-10-19(25)21(29)30/h17-19H,8-16,25H2,1-7H3,(H,26,28)(H,27,31)(H,29,30). The minimum atomic E-state index is -0.999. The van der Waals surface area contributed by atoms with Crippen LogP contribution in [0, 0.1) is 17.3 Å². The van der Waals surface area contributed by atoms with Crippen molar-refractivity contribution >= 4 is 17.8 Å². The van der Waals surface area contributed by atoms with Crippen molar-refractivity contribution in [3.63, 3.8) is 0 Å². The lowest BCUT2D eigenvalue weighted by Crippen LogP contribution is -2.39. The number of rotatable bonds is 17. The molecule has 0 fully saturated rings. The Balaban J connectivity index is 4.17. The summed E-state index contributed by atoms with van der Waals surface area (Å²) >= 11 is 0. The number of ether oxygens (including phenoxy) is 1. The fourth-order valence-electron chi connectivity index (χ4n) is 3.30. The van der Waals surface area contributed by atoms with Crippen LogP contribution in [-0.4, -0.2) is 54.2 Å². The minimum absolute atomic E-state index is 0.00671. The summed E-state index contributed by atoms with van der Waals surface area (Å²) in [6, 6.07) is -0.848. The van der Waals surface area contributed by atoms with Gasteiger partial charge in [0.25, 0.3) is 0 Å². The zero-order valence-corrected chi connectivity index (χ0v) is 21.3. The summed E-state index contributed by atoms with van der Waals surface area (Å²) in [5.41, 5.74) is 4.50. The lowest BCUT2D eigenvalue weighted by Gasteiger charge is -2.29. The molecule has 8 nitrogen and oxygen atoms in total. The predicted octanol–water partition coefficient (Wildman–Crippen LogP) is 3.08. The third-order valence-electron chi connectivity index (χ3n) is 5.68. The average molecular weight is 458 g/mol. The van der Waals surface area contributed by atoms with Gasteiger partial charge in [-0.2, -0.15) is 0 Å². The highest BCUT2D eigenvalue weighted by Gasteiger charge is 2.28. The van der Waals surface area contributed by atoms with Gasteiger partial charge in [0, 0.05) is 31.0 Å². The van der Waals surface area contributed by atoms with Gasteiger partial charge < -0.3 is 26.2 Å². The van der Waals surface area contributed by atoms with Crippen molar-refractivity contribution in [3.05, 3.63) is 0 Å². The Kier molecular flexibility index (Phi) is 13.7. The van der Waals surface area contributed by atoms with Crippen LogP contribution in [0.25, 0.3) is 0 Å². The maximum absolute atomic E-state index is 12.5. The van der Waals surface area contributed by atoms with E-state index in [1.54, 1.807) is 0 Å². The number of carboxylic acid groups (broad SMARTS) is 1. The van der Waals surface area contributed by atoms with Gasteiger partial charge in [-0.1, -0.05) is 34.6 Å². The highest BCUT2D eigenvalue weighted by Crippen LogP contribution is 2.23. The molecule has 0 aliphatic rings. The van der Waals surface area contributed by atoms with E-state index in [9.17, 15) is 14.4 Å². The molecule has 2 amide bonds. The van der Waals surface area contributed by atoms with E-state index in [0.717, 1.165) is 6.42 Å². The van der Waals surface area contributed by atoms with Crippen molar-refractivity contribution in [3.8, 4) is 0 Å². The van der Waals surface area contributed by atoms with Crippen molar-refractivity contribution < 1.29 is 24.2 Å². The third kappa shape index (κ3) is 13.7. The molecule has 0 radical (unpaired) electrons. The second kappa shape index (κ2) is 14.5.